The molecular formula is C37H46O. The molecule has 0 N–H and O–H groups in total. The number of rotatable bonds is 5. The van der Waals surface area contributed by atoms with Gasteiger partial charge < -0.3 is 0 Å². The number of allylic oxidation sites excluding steroid dienone is 7. The second kappa shape index (κ2) is 11.0. The van der Waals surface area contributed by atoms with Crippen molar-refractivity contribution < 1.29 is 6.22 Å². The molecule has 0 bridgehead atoms. The van der Waals surface area contributed by atoms with Crippen LogP contribution in [-0.2, 0) is 16.6 Å². The Balaban J connectivity index is 0.00000353. The van der Waals surface area contributed by atoms with Crippen molar-refractivity contribution in [2.75, 3.05) is 0 Å². The van der Waals surface area contributed by atoms with Gasteiger partial charge >= 0.3 is 0 Å². The summed E-state index contributed by atoms with van der Waals surface area (Å²) >= 11 is 0. The third kappa shape index (κ3) is 5.58. The number of benzene rings is 2. The van der Waals surface area contributed by atoms with Crippen LogP contribution in [0.2, 0.25) is 0 Å². The van der Waals surface area contributed by atoms with Crippen LogP contribution in [0.5, 0.6) is 0 Å². The summed E-state index contributed by atoms with van der Waals surface area (Å²) in [6.07, 6.45) is 16.6. The van der Waals surface area contributed by atoms with Crippen molar-refractivity contribution >= 4 is 5.78 Å². The fraction of sp³-hybridized carbons (Fsp3) is 0.432. The predicted octanol–water partition coefficient (Wildman–Crippen LogP) is 9.81. The number of ketones is 1. The quantitative estimate of drug-likeness (QED) is 0.394. The molecule has 1 nitrogen and oxygen atoms in total. The van der Waals surface area contributed by atoms with Gasteiger partial charge in [-0.05, 0) is 102 Å². The zero-order chi connectivity index (χ0) is 26.9. The second-order valence-electron chi connectivity index (χ2n) is 12.9. The van der Waals surface area contributed by atoms with E-state index in [-0.39, 0.29) is 24.5 Å². The lowest BCUT2D eigenvalue weighted by atomic mass is 9.63. The van der Waals surface area contributed by atoms with Gasteiger partial charge in [0.2, 0.25) is 0 Å². The highest BCUT2D eigenvalue weighted by atomic mass is 16.1. The summed E-state index contributed by atoms with van der Waals surface area (Å²) in [7, 11) is 0. The number of fused-ring (bicyclic) bond motifs is 1. The van der Waals surface area contributed by atoms with Crippen LogP contribution < -0.4 is 0 Å². The van der Waals surface area contributed by atoms with Gasteiger partial charge in [-0.2, -0.15) is 0 Å². The van der Waals surface area contributed by atoms with Crippen molar-refractivity contribution in [1.29, 1.82) is 0 Å². The first-order valence-corrected chi connectivity index (χ1v) is 14.7. The van der Waals surface area contributed by atoms with E-state index >= 15 is 0 Å². The lowest BCUT2D eigenvalue weighted by Gasteiger charge is -2.41. The highest BCUT2D eigenvalue weighted by molar-refractivity contribution is 5.98. The van der Waals surface area contributed by atoms with Crippen LogP contribution in [0.15, 0.2) is 96.1 Å². The molecular weight excluding hydrogens is 460 g/mol. The van der Waals surface area contributed by atoms with E-state index < -0.39 is 0 Å². The predicted molar refractivity (Wildman–Crippen MR) is 163 cm³/mol. The zero-order valence-corrected chi connectivity index (χ0v) is 23.8. The summed E-state index contributed by atoms with van der Waals surface area (Å²) in [5, 5.41) is 0. The summed E-state index contributed by atoms with van der Waals surface area (Å²) in [5.74, 6) is 1.85. The summed E-state index contributed by atoms with van der Waals surface area (Å²) in [6.45, 7) is 13.7. The molecule has 0 heterocycles. The van der Waals surface area contributed by atoms with Gasteiger partial charge in [-0.3, -0.25) is 4.79 Å². The van der Waals surface area contributed by atoms with E-state index in [0.29, 0.717) is 0 Å². The molecule has 1 saturated carbocycles. The standard InChI is InChI=1S/C37H44O.H2/c1-25-10-16-30(17-11-25)31-18-13-28(14-19-31)24-26(2)12-15-29-20-21-35(38)36(27(29)3)33-22-23-37(4,5)34-9-7-6-8-32(33)34;/h6-9,12-15,18-21,25,30,33,36H,3,10-11,16-17,22-24H2,1-2,4-5H3;1H/b26-12+,29-15-;. The van der Waals surface area contributed by atoms with Crippen LogP contribution in [0.1, 0.15) is 102 Å². The van der Waals surface area contributed by atoms with Gasteiger partial charge in [0.05, 0.1) is 5.92 Å². The molecule has 0 radical (unpaired) electrons. The first kappa shape index (κ1) is 26.7. The normalized spacial score (nSPS) is 28.4. The van der Waals surface area contributed by atoms with E-state index in [1.54, 1.807) is 6.08 Å². The molecule has 38 heavy (non-hydrogen) atoms. The SMILES string of the molecule is C=C1/C(=C\C=C(/C)Cc2ccc(C3CCC(C)CC3)cc2)C=CC(=O)C1C1CCC(C)(C)c2ccccc21.[HH]. The van der Waals surface area contributed by atoms with Gasteiger partial charge in [-0.1, -0.05) is 113 Å². The van der Waals surface area contributed by atoms with E-state index in [2.05, 4.69) is 95.0 Å². The molecule has 3 aliphatic carbocycles. The topological polar surface area (TPSA) is 17.1 Å². The molecule has 2 atom stereocenters. The minimum atomic E-state index is -0.174. The maximum absolute atomic E-state index is 13.2. The van der Waals surface area contributed by atoms with Gasteiger partial charge in [-0.15, -0.1) is 0 Å². The molecule has 0 spiro atoms. The molecule has 0 aromatic heterocycles. The molecule has 2 aromatic rings. The monoisotopic (exact) mass is 506 g/mol. The van der Waals surface area contributed by atoms with Crippen LogP contribution in [-0.4, -0.2) is 5.78 Å². The zero-order valence-electron chi connectivity index (χ0n) is 23.8. The number of hydrogen-bond donors (Lipinski definition) is 0. The fourth-order valence-electron chi connectivity index (χ4n) is 7.04. The third-order valence-corrected chi connectivity index (χ3v) is 9.55. The third-order valence-electron chi connectivity index (χ3n) is 9.55. The summed E-state index contributed by atoms with van der Waals surface area (Å²) < 4.78 is 0. The first-order valence-electron chi connectivity index (χ1n) is 14.7. The van der Waals surface area contributed by atoms with Crippen LogP contribution >= 0.6 is 0 Å². The van der Waals surface area contributed by atoms with Gasteiger partial charge in [-0.25, -0.2) is 0 Å². The van der Waals surface area contributed by atoms with E-state index in [0.717, 1.165) is 42.2 Å². The summed E-state index contributed by atoms with van der Waals surface area (Å²) in [6, 6.07) is 18.1. The van der Waals surface area contributed by atoms with Crippen molar-refractivity contribution in [2.45, 2.75) is 89.9 Å². The Hall–Kier alpha value is -2.93. The van der Waals surface area contributed by atoms with Crippen LogP contribution in [0.4, 0.5) is 0 Å². The number of carbonyl (C=O) groups excluding carboxylic acids is 1. The highest BCUT2D eigenvalue weighted by Gasteiger charge is 2.40. The molecule has 2 aromatic carbocycles. The Kier molecular flexibility index (Phi) is 7.75. The Morgan fingerprint density at radius 2 is 1.71 bits per heavy atom. The van der Waals surface area contributed by atoms with Crippen molar-refractivity contribution in [1.82, 2.24) is 0 Å². The van der Waals surface area contributed by atoms with Crippen molar-refractivity contribution in [3.05, 3.63) is 118 Å². The maximum atomic E-state index is 13.2. The Morgan fingerprint density at radius 3 is 2.45 bits per heavy atom. The number of carbonyl (C=O) groups is 1. The molecule has 1 fully saturated rings. The minimum absolute atomic E-state index is 0. The molecule has 2 unspecified atom stereocenters. The van der Waals surface area contributed by atoms with Gasteiger partial charge in [0, 0.05) is 1.43 Å². The minimum Gasteiger partial charge on any atom is -0.294 e. The molecule has 3 aliphatic rings. The molecule has 1 heteroatoms. The van der Waals surface area contributed by atoms with Crippen molar-refractivity contribution in [3.63, 3.8) is 0 Å². The Labute approximate surface area is 231 Å². The van der Waals surface area contributed by atoms with E-state index in [4.69, 9.17) is 0 Å². The lowest BCUT2D eigenvalue weighted by Crippen LogP contribution is -2.33. The first-order chi connectivity index (χ1) is 18.2. The summed E-state index contributed by atoms with van der Waals surface area (Å²) in [4.78, 5) is 13.2. The molecule has 200 valence electrons. The van der Waals surface area contributed by atoms with Crippen molar-refractivity contribution in [2.24, 2.45) is 11.8 Å². The maximum Gasteiger partial charge on any atom is 0.163 e. The van der Waals surface area contributed by atoms with E-state index in [9.17, 15) is 4.79 Å². The molecule has 0 amide bonds. The Morgan fingerprint density at radius 1 is 1.00 bits per heavy atom. The van der Waals surface area contributed by atoms with Gasteiger partial charge in [0.1, 0.15) is 0 Å². The molecule has 0 saturated heterocycles. The molecule has 0 aliphatic heterocycles. The summed E-state index contributed by atoms with van der Waals surface area (Å²) in [5.41, 5.74) is 9.09. The van der Waals surface area contributed by atoms with Crippen LogP contribution in [0, 0.1) is 11.8 Å². The highest BCUT2D eigenvalue weighted by Crippen LogP contribution is 2.48. The van der Waals surface area contributed by atoms with Gasteiger partial charge in [0.15, 0.2) is 5.78 Å². The lowest BCUT2D eigenvalue weighted by molar-refractivity contribution is -0.118. The van der Waals surface area contributed by atoms with E-state index in [1.807, 2.05) is 6.08 Å². The van der Waals surface area contributed by atoms with Crippen molar-refractivity contribution in [3.8, 4) is 0 Å². The van der Waals surface area contributed by atoms with E-state index in [1.165, 1.54) is 53.5 Å². The smallest absolute Gasteiger partial charge is 0.163 e. The second-order valence-corrected chi connectivity index (χ2v) is 12.9. The largest absolute Gasteiger partial charge is 0.294 e. The molecule has 5 rings (SSSR count). The average molecular weight is 507 g/mol. The van der Waals surface area contributed by atoms with Crippen LogP contribution in [0.25, 0.3) is 0 Å². The Bertz CT molecular complexity index is 1280. The fourth-order valence-corrected chi connectivity index (χ4v) is 7.04. The van der Waals surface area contributed by atoms with Gasteiger partial charge in [0.25, 0.3) is 0 Å². The van der Waals surface area contributed by atoms with Crippen LogP contribution in [0.3, 0.4) is 0 Å². The number of hydrogen-bond acceptors (Lipinski definition) is 1. The average Bonchev–Trinajstić information content (AvgIpc) is 2.90.